The van der Waals surface area contributed by atoms with Crippen LogP contribution in [-0.4, -0.2) is 43.5 Å². The standard InChI is InChI=1S/C19H28N2O3S/c1-24-19(23)17-14-9-5-4-6-10-15(14)25-18(17)20-16(22)13-21-11-7-2-3-8-12-21/h2-13H2,1H3,(H,20,22). The summed E-state index contributed by atoms with van der Waals surface area (Å²) < 4.78 is 5.00. The molecule has 0 radical (unpaired) electrons. The Hall–Kier alpha value is -1.40. The molecule has 2 heterocycles. The van der Waals surface area contributed by atoms with E-state index >= 15 is 0 Å². The molecule has 138 valence electrons. The van der Waals surface area contributed by atoms with Crippen molar-refractivity contribution in [1.82, 2.24) is 4.90 Å². The first kappa shape index (κ1) is 18.4. The van der Waals surface area contributed by atoms with Crippen LogP contribution in [0.1, 0.15) is 65.7 Å². The van der Waals surface area contributed by atoms with Gasteiger partial charge in [0.2, 0.25) is 5.91 Å². The molecular weight excluding hydrogens is 336 g/mol. The number of thiophene rings is 1. The van der Waals surface area contributed by atoms with Crippen LogP contribution in [0.25, 0.3) is 0 Å². The Kier molecular flexibility index (Phi) is 6.48. The molecule has 6 heteroatoms. The third-order valence-electron chi connectivity index (χ3n) is 5.13. The monoisotopic (exact) mass is 364 g/mol. The van der Waals surface area contributed by atoms with E-state index in [2.05, 4.69) is 10.2 Å². The summed E-state index contributed by atoms with van der Waals surface area (Å²) in [5.41, 5.74) is 1.69. The molecule has 1 N–H and O–H groups in total. The van der Waals surface area contributed by atoms with E-state index in [9.17, 15) is 9.59 Å². The number of nitrogens with one attached hydrogen (secondary N) is 1. The lowest BCUT2D eigenvalue weighted by Gasteiger charge is -2.18. The Labute approximate surface area is 153 Å². The average molecular weight is 365 g/mol. The summed E-state index contributed by atoms with van der Waals surface area (Å²) in [6, 6.07) is 0. The second-order valence-electron chi connectivity index (χ2n) is 7.00. The summed E-state index contributed by atoms with van der Waals surface area (Å²) in [5, 5.41) is 3.69. The van der Waals surface area contributed by atoms with Crippen LogP contribution in [0.4, 0.5) is 5.00 Å². The highest BCUT2D eigenvalue weighted by Crippen LogP contribution is 2.37. The first-order valence-electron chi connectivity index (χ1n) is 9.44. The van der Waals surface area contributed by atoms with Gasteiger partial charge in [0, 0.05) is 4.88 Å². The SMILES string of the molecule is COC(=O)c1c(NC(=O)CN2CCCCCC2)sc2c1CCCCC2. The van der Waals surface area contributed by atoms with E-state index in [1.54, 1.807) is 11.3 Å². The van der Waals surface area contributed by atoms with Gasteiger partial charge >= 0.3 is 5.97 Å². The van der Waals surface area contributed by atoms with Gasteiger partial charge in [-0.1, -0.05) is 19.3 Å². The zero-order chi connectivity index (χ0) is 17.6. The Morgan fingerprint density at radius 2 is 1.72 bits per heavy atom. The van der Waals surface area contributed by atoms with Crippen molar-refractivity contribution in [3.8, 4) is 0 Å². The highest BCUT2D eigenvalue weighted by atomic mass is 32.1. The van der Waals surface area contributed by atoms with Gasteiger partial charge in [0.05, 0.1) is 19.2 Å². The number of ether oxygens (including phenoxy) is 1. The number of carbonyl (C=O) groups excluding carboxylic acids is 2. The number of hydrogen-bond donors (Lipinski definition) is 1. The van der Waals surface area contributed by atoms with E-state index in [1.807, 2.05) is 0 Å². The van der Waals surface area contributed by atoms with Crippen molar-refractivity contribution in [2.24, 2.45) is 0 Å². The first-order valence-corrected chi connectivity index (χ1v) is 10.3. The van der Waals surface area contributed by atoms with Gasteiger partial charge in [0.15, 0.2) is 0 Å². The third-order valence-corrected chi connectivity index (χ3v) is 6.34. The maximum atomic E-state index is 12.5. The smallest absolute Gasteiger partial charge is 0.341 e. The Morgan fingerprint density at radius 3 is 2.44 bits per heavy atom. The van der Waals surface area contributed by atoms with Crippen molar-refractivity contribution in [3.05, 3.63) is 16.0 Å². The fourth-order valence-electron chi connectivity index (χ4n) is 3.81. The summed E-state index contributed by atoms with van der Waals surface area (Å²) in [5.74, 6) is -0.354. The molecule has 1 aliphatic heterocycles. The van der Waals surface area contributed by atoms with Gasteiger partial charge in [-0.2, -0.15) is 0 Å². The zero-order valence-corrected chi connectivity index (χ0v) is 15.9. The lowest BCUT2D eigenvalue weighted by Crippen LogP contribution is -2.34. The molecule has 1 aromatic rings. The number of fused-ring (bicyclic) bond motifs is 1. The molecule has 0 bridgehead atoms. The zero-order valence-electron chi connectivity index (χ0n) is 15.1. The minimum Gasteiger partial charge on any atom is -0.465 e. The Balaban J connectivity index is 1.74. The molecule has 1 amide bonds. The molecule has 1 fully saturated rings. The quantitative estimate of drug-likeness (QED) is 0.655. The molecule has 0 aromatic carbocycles. The highest BCUT2D eigenvalue weighted by Gasteiger charge is 2.26. The number of hydrogen-bond acceptors (Lipinski definition) is 5. The van der Waals surface area contributed by atoms with E-state index in [1.165, 1.54) is 31.2 Å². The molecule has 25 heavy (non-hydrogen) atoms. The molecule has 1 aromatic heterocycles. The fraction of sp³-hybridized carbons (Fsp3) is 0.684. The van der Waals surface area contributed by atoms with Crippen molar-refractivity contribution in [2.45, 2.75) is 57.8 Å². The van der Waals surface area contributed by atoms with E-state index in [4.69, 9.17) is 4.74 Å². The topological polar surface area (TPSA) is 58.6 Å². The van der Waals surface area contributed by atoms with Gasteiger partial charge in [-0.05, 0) is 57.2 Å². The molecule has 3 rings (SSSR count). The third kappa shape index (κ3) is 4.61. The van der Waals surface area contributed by atoms with Crippen molar-refractivity contribution >= 4 is 28.2 Å². The van der Waals surface area contributed by atoms with Crippen molar-refractivity contribution < 1.29 is 14.3 Å². The van der Waals surface area contributed by atoms with Gasteiger partial charge in [-0.25, -0.2) is 4.79 Å². The molecule has 0 unspecified atom stereocenters. The summed E-state index contributed by atoms with van der Waals surface area (Å²) in [4.78, 5) is 28.3. The fourth-order valence-corrected chi connectivity index (χ4v) is 5.11. The van der Waals surface area contributed by atoms with Gasteiger partial charge in [-0.15, -0.1) is 11.3 Å². The van der Waals surface area contributed by atoms with Crippen molar-refractivity contribution in [3.63, 3.8) is 0 Å². The number of methoxy groups -OCH3 is 1. The minimum atomic E-state index is -0.329. The predicted molar refractivity (Wildman–Crippen MR) is 100 cm³/mol. The Bertz CT molecular complexity index is 618. The summed E-state index contributed by atoms with van der Waals surface area (Å²) in [7, 11) is 1.41. The number of likely N-dealkylation sites (tertiary alicyclic amines) is 1. The van der Waals surface area contributed by atoms with Gasteiger partial charge < -0.3 is 10.1 Å². The highest BCUT2D eigenvalue weighted by molar-refractivity contribution is 7.17. The molecule has 0 saturated carbocycles. The van der Waals surface area contributed by atoms with Crippen molar-refractivity contribution in [1.29, 1.82) is 0 Å². The predicted octanol–water partition coefficient (Wildman–Crippen LogP) is 3.62. The van der Waals surface area contributed by atoms with Gasteiger partial charge in [-0.3, -0.25) is 9.69 Å². The summed E-state index contributed by atoms with van der Waals surface area (Å²) in [6.45, 7) is 2.37. The van der Waals surface area contributed by atoms with E-state index in [0.29, 0.717) is 17.1 Å². The average Bonchev–Trinajstić information content (AvgIpc) is 2.82. The molecule has 5 nitrogen and oxygen atoms in total. The maximum Gasteiger partial charge on any atom is 0.341 e. The van der Waals surface area contributed by atoms with Crippen LogP contribution in [0.3, 0.4) is 0 Å². The van der Waals surface area contributed by atoms with Gasteiger partial charge in [0.1, 0.15) is 5.00 Å². The molecule has 1 saturated heterocycles. The van der Waals surface area contributed by atoms with E-state index < -0.39 is 0 Å². The lowest BCUT2D eigenvalue weighted by atomic mass is 10.1. The number of aryl methyl sites for hydroxylation is 1. The van der Waals surface area contributed by atoms with Crippen molar-refractivity contribution in [2.75, 3.05) is 32.1 Å². The molecule has 2 aliphatic rings. The van der Waals surface area contributed by atoms with Crippen LogP contribution in [0, 0.1) is 0 Å². The second-order valence-corrected chi connectivity index (χ2v) is 8.10. The van der Waals surface area contributed by atoms with Crippen LogP contribution >= 0.6 is 11.3 Å². The molecule has 1 aliphatic carbocycles. The molecule has 0 atom stereocenters. The van der Waals surface area contributed by atoms with E-state index in [0.717, 1.165) is 57.2 Å². The van der Waals surface area contributed by atoms with Gasteiger partial charge in [0.25, 0.3) is 0 Å². The molecule has 0 spiro atoms. The number of rotatable bonds is 4. The minimum absolute atomic E-state index is 0.0246. The number of anilines is 1. The van der Waals surface area contributed by atoms with Crippen LogP contribution in [0.15, 0.2) is 0 Å². The number of esters is 1. The van der Waals surface area contributed by atoms with Crippen LogP contribution in [-0.2, 0) is 22.4 Å². The number of carbonyl (C=O) groups is 2. The lowest BCUT2D eigenvalue weighted by molar-refractivity contribution is -0.117. The first-order chi connectivity index (χ1) is 12.2. The van der Waals surface area contributed by atoms with E-state index in [-0.39, 0.29) is 11.9 Å². The van der Waals surface area contributed by atoms with Crippen LogP contribution in [0.5, 0.6) is 0 Å². The Morgan fingerprint density at radius 1 is 1.04 bits per heavy atom. The molecular formula is C19H28N2O3S. The summed E-state index contributed by atoms with van der Waals surface area (Å²) in [6.07, 6.45) is 10.2. The second kappa shape index (κ2) is 8.81. The largest absolute Gasteiger partial charge is 0.465 e. The number of amides is 1. The van der Waals surface area contributed by atoms with Crippen LogP contribution in [0.2, 0.25) is 0 Å². The summed E-state index contributed by atoms with van der Waals surface area (Å²) >= 11 is 1.56. The number of nitrogens with zero attached hydrogens (tertiary/aromatic N) is 1. The normalized spacial score (nSPS) is 18.8. The maximum absolute atomic E-state index is 12.5. The van der Waals surface area contributed by atoms with Crippen LogP contribution < -0.4 is 5.32 Å².